The standard InChI is InChI=1S/C20H14O6/c1-25-19(23)13-5-2-12(3-6-13)4-9-17(22)16-10-14-7-8-15(21)11-18(14)26-20(16)24/h2-11,21H,1H3/b9-4+. The Bertz CT molecular complexity index is 1070. The van der Waals surface area contributed by atoms with Gasteiger partial charge < -0.3 is 14.3 Å². The maximum Gasteiger partial charge on any atom is 0.347 e. The Balaban J connectivity index is 1.85. The van der Waals surface area contributed by atoms with E-state index >= 15 is 0 Å². The molecule has 6 nitrogen and oxygen atoms in total. The number of ketones is 1. The average molecular weight is 350 g/mol. The first kappa shape index (κ1) is 17.2. The van der Waals surface area contributed by atoms with Gasteiger partial charge >= 0.3 is 11.6 Å². The molecule has 0 atom stereocenters. The molecular weight excluding hydrogens is 336 g/mol. The van der Waals surface area contributed by atoms with Gasteiger partial charge in [-0.2, -0.15) is 0 Å². The summed E-state index contributed by atoms with van der Waals surface area (Å²) in [5, 5.41) is 9.94. The predicted molar refractivity (Wildman–Crippen MR) is 95.3 cm³/mol. The van der Waals surface area contributed by atoms with Crippen molar-refractivity contribution in [3.8, 4) is 5.75 Å². The topological polar surface area (TPSA) is 93.8 Å². The number of aromatic hydroxyl groups is 1. The molecule has 3 aromatic rings. The second-order valence-corrected chi connectivity index (χ2v) is 5.48. The summed E-state index contributed by atoms with van der Waals surface area (Å²) in [7, 11) is 1.30. The molecule has 0 spiro atoms. The highest BCUT2D eigenvalue weighted by molar-refractivity contribution is 6.07. The second-order valence-electron chi connectivity index (χ2n) is 5.48. The number of phenols is 1. The highest BCUT2D eigenvalue weighted by Crippen LogP contribution is 2.19. The van der Waals surface area contributed by atoms with Gasteiger partial charge in [0.05, 0.1) is 12.7 Å². The fourth-order valence-electron chi connectivity index (χ4n) is 2.38. The number of allylic oxidation sites excluding steroid dienone is 1. The highest BCUT2D eigenvalue weighted by Gasteiger charge is 2.12. The summed E-state index contributed by atoms with van der Waals surface area (Å²) < 4.78 is 9.70. The van der Waals surface area contributed by atoms with Crippen LogP contribution < -0.4 is 5.63 Å². The maximum absolute atomic E-state index is 12.3. The van der Waals surface area contributed by atoms with Gasteiger partial charge in [0.25, 0.3) is 0 Å². The molecule has 0 aliphatic heterocycles. The van der Waals surface area contributed by atoms with E-state index in [0.717, 1.165) is 0 Å². The largest absolute Gasteiger partial charge is 0.508 e. The molecule has 1 heterocycles. The molecule has 1 N–H and O–H groups in total. The van der Waals surface area contributed by atoms with Crippen LogP contribution in [0.15, 0.2) is 63.8 Å². The fraction of sp³-hybridized carbons (Fsp3) is 0.0500. The van der Waals surface area contributed by atoms with Crippen molar-refractivity contribution in [2.45, 2.75) is 0 Å². The molecule has 130 valence electrons. The van der Waals surface area contributed by atoms with E-state index in [1.54, 1.807) is 30.3 Å². The summed E-state index contributed by atoms with van der Waals surface area (Å²) in [4.78, 5) is 35.7. The van der Waals surface area contributed by atoms with E-state index in [2.05, 4.69) is 4.74 Å². The number of rotatable bonds is 4. The van der Waals surface area contributed by atoms with Gasteiger partial charge in [-0.1, -0.05) is 18.2 Å². The summed E-state index contributed by atoms with van der Waals surface area (Å²) in [6, 6.07) is 12.2. The number of hydrogen-bond donors (Lipinski definition) is 1. The van der Waals surface area contributed by atoms with Crippen LogP contribution >= 0.6 is 0 Å². The van der Waals surface area contributed by atoms with Crippen molar-refractivity contribution >= 4 is 28.8 Å². The summed E-state index contributed by atoms with van der Waals surface area (Å²) in [6.07, 6.45) is 2.79. The highest BCUT2D eigenvalue weighted by atomic mass is 16.5. The summed E-state index contributed by atoms with van der Waals surface area (Å²) in [5.41, 5.74) is 0.397. The number of ether oxygens (including phenoxy) is 1. The molecule has 0 aliphatic rings. The fourth-order valence-corrected chi connectivity index (χ4v) is 2.38. The molecule has 0 saturated carbocycles. The number of carbonyl (C=O) groups is 2. The van der Waals surface area contributed by atoms with Crippen LogP contribution in [-0.2, 0) is 4.74 Å². The maximum atomic E-state index is 12.3. The molecule has 0 unspecified atom stereocenters. The molecule has 0 fully saturated rings. The molecule has 0 radical (unpaired) electrons. The van der Waals surface area contributed by atoms with Gasteiger partial charge in [-0.05, 0) is 42.0 Å². The first-order valence-corrected chi connectivity index (χ1v) is 7.65. The molecule has 0 aliphatic carbocycles. The summed E-state index contributed by atoms with van der Waals surface area (Å²) in [6.45, 7) is 0. The van der Waals surface area contributed by atoms with Gasteiger partial charge in [0, 0.05) is 11.5 Å². The smallest absolute Gasteiger partial charge is 0.347 e. The van der Waals surface area contributed by atoms with E-state index in [-0.39, 0.29) is 16.9 Å². The number of hydrogen-bond acceptors (Lipinski definition) is 6. The van der Waals surface area contributed by atoms with Crippen LogP contribution in [0.25, 0.3) is 17.0 Å². The molecule has 0 bridgehead atoms. The van der Waals surface area contributed by atoms with Crippen LogP contribution in [0, 0.1) is 0 Å². The first-order valence-electron chi connectivity index (χ1n) is 7.65. The van der Waals surface area contributed by atoms with Crippen LogP contribution in [0.2, 0.25) is 0 Å². The number of esters is 1. The van der Waals surface area contributed by atoms with Crippen molar-refractivity contribution in [3.05, 3.63) is 81.7 Å². The number of benzene rings is 2. The molecule has 2 aromatic carbocycles. The van der Waals surface area contributed by atoms with Crippen LogP contribution in [0.1, 0.15) is 26.3 Å². The van der Waals surface area contributed by atoms with E-state index in [4.69, 9.17) is 4.42 Å². The lowest BCUT2D eigenvalue weighted by atomic mass is 10.1. The van der Waals surface area contributed by atoms with Gasteiger partial charge in [-0.25, -0.2) is 9.59 Å². The van der Waals surface area contributed by atoms with Crippen LogP contribution in [0.4, 0.5) is 0 Å². The third kappa shape index (κ3) is 3.54. The molecule has 3 rings (SSSR count). The number of phenolic OH excluding ortho intramolecular Hbond substituents is 1. The van der Waals surface area contributed by atoms with E-state index in [9.17, 15) is 19.5 Å². The zero-order valence-electron chi connectivity index (χ0n) is 13.8. The van der Waals surface area contributed by atoms with Crippen molar-refractivity contribution in [3.63, 3.8) is 0 Å². The van der Waals surface area contributed by atoms with E-state index in [1.165, 1.54) is 37.5 Å². The van der Waals surface area contributed by atoms with Crippen LogP contribution in [-0.4, -0.2) is 24.0 Å². The quantitative estimate of drug-likeness (QED) is 0.336. The van der Waals surface area contributed by atoms with Crippen molar-refractivity contribution in [2.75, 3.05) is 7.11 Å². The zero-order valence-corrected chi connectivity index (χ0v) is 13.8. The van der Waals surface area contributed by atoms with Gasteiger partial charge in [-0.3, -0.25) is 4.79 Å². The Labute approximate surface area is 148 Å². The Morgan fingerprint density at radius 1 is 1.08 bits per heavy atom. The molecule has 6 heteroatoms. The number of fused-ring (bicyclic) bond motifs is 1. The molecule has 0 saturated heterocycles. The third-order valence-corrected chi connectivity index (χ3v) is 3.74. The summed E-state index contributed by atoms with van der Waals surface area (Å²) in [5.74, 6) is -0.989. The third-order valence-electron chi connectivity index (χ3n) is 3.74. The minimum Gasteiger partial charge on any atom is -0.508 e. The molecular formula is C20H14O6. The van der Waals surface area contributed by atoms with Crippen molar-refractivity contribution < 1.29 is 23.8 Å². The average Bonchev–Trinajstić information content (AvgIpc) is 2.65. The predicted octanol–water partition coefficient (Wildman–Crippen LogP) is 3.18. The lowest BCUT2D eigenvalue weighted by Crippen LogP contribution is -2.11. The normalized spacial score (nSPS) is 11.0. The lowest BCUT2D eigenvalue weighted by molar-refractivity contribution is 0.0600. The monoisotopic (exact) mass is 350 g/mol. The van der Waals surface area contributed by atoms with Crippen molar-refractivity contribution in [1.29, 1.82) is 0 Å². The molecule has 1 aromatic heterocycles. The summed E-state index contributed by atoms with van der Waals surface area (Å²) >= 11 is 0. The SMILES string of the molecule is COC(=O)c1ccc(/C=C/C(=O)c2cc3ccc(O)cc3oc2=O)cc1. The van der Waals surface area contributed by atoms with Crippen LogP contribution in [0.5, 0.6) is 5.75 Å². The van der Waals surface area contributed by atoms with Gasteiger partial charge in [0.1, 0.15) is 16.9 Å². The van der Waals surface area contributed by atoms with E-state index < -0.39 is 17.4 Å². The second kappa shape index (κ2) is 7.06. The van der Waals surface area contributed by atoms with Crippen molar-refractivity contribution in [2.24, 2.45) is 0 Å². The molecule has 0 amide bonds. The van der Waals surface area contributed by atoms with Crippen LogP contribution in [0.3, 0.4) is 0 Å². The lowest BCUT2D eigenvalue weighted by Gasteiger charge is -2.01. The Morgan fingerprint density at radius 2 is 1.81 bits per heavy atom. The number of carbonyl (C=O) groups excluding carboxylic acids is 2. The van der Waals surface area contributed by atoms with Gasteiger partial charge in [-0.15, -0.1) is 0 Å². The first-order chi connectivity index (χ1) is 12.5. The number of methoxy groups -OCH3 is 1. The molecule has 26 heavy (non-hydrogen) atoms. The minimum absolute atomic E-state index is 0.0324. The van der Waals surface area contributed by atoms with E-state index in [1.807, 2.05) is 0 Å². The van der Waals surface area contributed by atoms with E-state index in [0.29, 0.717) is 16.5 Å². The Morgan fingerprint density at radius 3 is 2.50 bits per heavy atom. The zero-order chi connectivity index (χ0) is 18.7. The minimum atomic E-state index is -0.779. The van der Waals surface area contributed by atoms with Crippen molar-refractivity contribution in [1.82, 2.24) is 0 Å². The van der Waals surface area contributed by atoms with Gasteiger partial charge in [0.2, 0.25) is 0 Å². The van der Waals surface area contributed by atoms with Gasteiger partial charge in [0.15, 0.2) is 5.78 Å². The Hall–Kier alpha value is -3.67. The Kier molecular flexibility index (Phi) is 4.66.